The van der Waals surface area contributed by atoms with Gasteiger partial charge in [0.05, 0.1) is 4.92 Å². The fourth-order valence-electron chi connectivity index (χ4n) is 1.73. The maximum absolute atomic E-state index is 10.7. The van der Waals surface area contributed by atoms with Crippen LogP contribution in [0.3, 0.4) is 0 Å². The summed E-state index contributed by atoms with van der Waals surface area (Å²) in [5, 5.41) is 19.7. The molecule has 0 atom stereocenters. The molecule has 0 bridgehead atoms. The standard InChI is InChI=1S/C13H11N5O2/c1-17(9-10-3-2-6-15-8-10)13-5-4-12(18(19)20)11(7-14)16-13/h2-6,8H,9H2,1H3. The molecule has 0 amide bonds. The van der Waals surface area contributed by atoms with E-state index in [1.807, 2.05) is 12.1 Å². The van der Waals surface area contributed by atoms with Gasteiger partial charge in [-0.2, -0.15) is 5.26 Å². The van der Waals surface area contributed by atoms with Crippen LogP contribution in [0.25, 0.3) is 0 Å². The molecular weight excluding hydrogens is 258 g/mol. The van der Waals surface area contributed by atoms with Crippen LogP contribution in [0, 0.1) is 21.4 Å². The summed E-state index contributed by atoms with van der Waals surface area (Å²) in [7, 11) is 1.79. The zero-order chi connectivity index (χ0) is 14.5. The molecule has 7 heteroatoms. The number of nitriles is 1. The van der Waals surface area contributed by atoms with Gasteiger partial charge in [0.15, 0.2) is 0 Å². The van der Waals surface area contributed by atoms with E-state index in [0.717, 1.165) is 5.56 Å². The summed E-state index contributed by atoms with van der Waals surface area (Å²) in [4.78, 5) is 19.9. The first-order chi connectivity index (χ1) is 9.61. The van der Waals surface area contributed by atoms with Crippen molar-refractivity contribution >= 4 is 11.5 Å². The molecule has 2 aromatic heterocycles. The first-order valence-corrected chi connectivity index (χ1v) is 5.77. The van der Waals surface area contributed by atoms with Crippen molar-refractivity contribution in [1.82, 2.24) is 9.97 Å². The van der Waals surface area contributed by atoms with E-state index >= 15 is 0 Å². The number of aromatic nitrogens is 2. The third-order valence-electron chi connectivity index (χ3n) is 2.70. The molecule has 2 aromatic rings. The third-order valence-corrected chi connectivity index (χ3v) is 2.70. The number of anilines is 1. The number of nitrogens with zero attached hydrogens (tertiary/aromatic N) is 5. The Kier molecular flexibility index (Phi) is 3.86. The lowest BCUT2D eigenvalue weighted by Crippen LogP contribution is -2.18. The van der Waals surface area contributed by atoms with Gasteiger partial charge in [0.25, 0.3) is 0 Å². The molecule has 0 saturated heterocycles. The van der Waals surface area contributed by atoms with Crippen LogP contribution in [0.1, 0.15) is 11.3 Å². The molecular formula is C13H11N5O2. The van der Waals surface area contributed by atoms with Crippen LogP contribution in [-0.4, -0.2) is 21.9 Å². The minimum Gasteiger partial charge on any atom is -0.355 e. The van der Waals surface area contributed by atoms with Crippen molar-refractivity contribution < 1.29 is 4.92 Å². The molecule has 0 fully saturated rings. The smallest absolute Gasteiger partial charge is 0.305 e. The van der Waals surface area contributed by atoms with E-state index in [1.54, 1.807) is 30.4 Å². The second-order valence-corrected chi connectivity index (χ2v) is 4.12. The highest BCUT2D eigenvalue weighted by Gasteiger charge is 2.16. The largest absolute Gasteiger partial charge is 0.355 e. The van der Waals surface area contributed by atoms with Crippen molar-refractivity contribution in [2.75, 3.05) is 11.9 Å². The zero-order valence-electron chi connectivity index (χ0n) is 10.7. The highest BCUT2D eigenvalue weighted by atomic mass is 16.6. The second-order valence-electron chi connectivity index (χ2n) is 4.12. The van der Waals surface area contributed by atoms with Gasteiger partial charge in [-0.15, -0.1) is 0 Å². The molecule has 2 rings (SSSR count). The number of nitro groups is 1. The van der Waals surface area contributed by atoms with Crippen LogP contribution < -0.4 is 4.90 Å². The molecule has 2 heterocycles. The molecule has 0 aromatic carbocycles. The number of pyridine rings is 2. The van der Waals surface area contributed by atoms with Gasteiger partial charge in [0.2, 0.25) is 5.69 Å². The first kappa shape index (κ1) is 13.4. The maximum atomic E-state index is 10.7. The molecule has 100 valence electrons. The van der Waals surface area contributed by atoms with Crippen LogP contribution in [-0.2, 0) is 6.54 Å². The summed E-state index contributed by atoms with van der Waals surface area (Å²) in [6, 6.07) is 8.30. The molecule has 0 radical (unpaired) electrons. The van der Waals surface area contributed by atoms with E-state index in [4.69, 9.17) is 5.26 Å². The molecule has 0 aliphatic rings. The Balaban J connectivity index is 2.25. The van der Waals surface area contributed by atoms with Crippen molar-refractivity contribution in [3.05, 3.63) is 58.0 Å². The molecule has 7 nitrogen and oxygen atoms in total. The minimum absolute atomic E-state index is 0.189. The van der Waals surface area contributed by atoms with Crippen molar-refractivity contribution in [2.24, 2.45) is 0 Å². The zero-order valence-corrected chi connectivity index (χ0v) is 10.7. The van der Waals surface area contributed by atoms with Crippen molar-refractivity contribution in [3.63, 3.8) is 0 Å². The van der Waals surface area contributed by atoms with Crippen molar-refractivity contribution in [1.29, 1.82) is 5.26 Å². The van der Waals surface area contributed by atoms with E-state index in [2.05, 4.69) is 9.97 Å². The number of hydrogen-bond acceptors (Lipinski definition) is 6. The Morgan fingerprint density at radius 2 is 2.25 bits per heavy atom. The monoisotopic (exact) mass is 269 g/mol. The molecule has 0 unspecified atom stereocenters. The van der Waals surface area contributed by atoms with E-state index in [9.17, 15) is 10.1 Å². The van der Waals surface area contributed by atoms with E-state index < -0.39 is 4.92 Å². The fraction of sp³-hybridized carbons (Fsp3) is 0.154. The fourth-order valence-corrected chi connectivity index (χ4v) is 1.73. The molecule has 20 heavy (non-hydrogen) atoms. The van der Waals surface area contributed by atoms with Gasteiger partial charge >= 0.3 is 5.69 Å². The van der Waals surface area contributed by atoms with Crippen LogP contribution >= 0.6 is 0 Å². The first-order valence-electron chi connectivity index (χ1n) is 5.77. The third kappa shape index (κ3) is 2.87. The Morgan fingerprint density at radius 1 is 1.45 bits per heavy atom. The summed E-state index contributed by atoms with van der Waals surface area (Å²) in [5.74, 6) is 0.496. The summed E-state index contributed by atoms with van der Waals surface area (Å²) < 4.78 is 0. The summed E-state index contributed by atoms with van der Waals surface area (Å²) >= 11 is 0. The van der Waals surface area contributed by atoms with Gasteiger partial charge in [0, 0.05) is 32.1 Å². The van der Waals surface area contributed by atoms with E-state index in [0.29, 0.717) is 12.4 Å². The van der Waals surface area contributed by atoms with Crippen LogP contribution in [0.2, 0.25) is 0 Å². The van der Waals surface area contributed by atoms with E-state index in [-0.39, 0.29) is 11.4 Å². The van der Waals surface area contributed by atoms with Gasteiger partial charge < -0.3 is 4.90 Å². The number of hydrogen-bond donors (Lipinski definition) is 0. The highest BCUT2D eigenvalue weighted by molar-refractivity contribution is 5.51. The Hall–Kier alpha value is -3.01. The predicted molar refractivity (Wildman–Crippen MR) is 72.0 cm³/mol. The van der Waals surface area contributed by atoms with Gasteiger partial charge in [0.1, 0.15) is 11.9 Å². The normalized spacial score (nSPS) is 9.80. The summed E-state index contributed by atoms with van der Waals surface area (Å²) in [5.41, 5.74) is 0.505. The second kappa shape index (κ2) is 5.75. The lowest BCUT2D eigenvalue weighted by molar-refractivity contribution is -0.385. The van der Waals surface area contributed by atoms with Crippen molar-refractivity contribution in [2.45, 2.75) is 6.54 Å². The highest BCUT2D eigenvalue weighted by Crippen LogP contribution is 2.20. The van der Waals surface area contributed by atoms with Gasteiger partial charge in [-0.1, -0.05) is 6.07 Å². The van der Waals surface area contributed by atoms with Crippen LogP contribution in [0.4, 0.5) is 11.5 Å². The molecule has 0 spiro atoms. The van der Waals surface area contributed by atoms with Gasteiger partial charge in [-0.05, 0) is 17.7 Å². The van der Waals surface area contributed by atoms with Crippen molar-refractivity contribution in [3.8, 4) is 6.07 Å². The molecule has 0 aliphatic carbocycles. The number of rotatable bonds is 4. The molecule has 0 saturated carbocycles. The molecule has 0 N–H and O–H groups in total. The molecule has 0 aliphatic heterocycles. The Bertz CT molecular complexity index is 666. The van der Waals surface area contributed by atoms with Crippen LogP contribution in [0.5, 0.6) is 0 Å². The summed E-state index contributed by atoms with van der Waals surface area (Å²) in [6.07, 6.45) is 3.41. The Labute approximate surface area is 115 Å². The quantitative estimate of drug-likeness (QED) is 0.621. The van der Waals surface area contributed by atoms with Gasteiger partial charge in [-0.25, -0.2) is 4.98 Å². The topological polar surface area (TPSA) is 96.0 Å². The van der Waals surface area contributed by atoms with Crippen LogP contribution in [0.15, 0.2) is 36.7 Å². The predicted octanol–water partition coefficient (Wildman–Crippen LogP) is 1.89. The SMILES string of the molecule is CN(Cc1cccnc1)c1ccc([N+](=O)[O-])c(C#N)n1. The Morgan fingerprint density at radius 3 is 2.85 bits per heavy atom. The lowest BCUT2D eigenvalue weighted by atomic mass is 10.2. The average molecular weight is 269 g/mol. The minimum atomic E-state index is -0.615. The van der Waals surface area contributed by atoms with E-state index in [1.165, 1.54) is 12.1 Å². The average Bonchev–Trinajstić information content (AvgIpc) is 2.47. The maximum Gasteiger partial charge on any atom is 0.305 e. The summed E-state index contributed by atoms with van der Waals surface area (Å²) in [6.45, 7) is 0.545. The lowest BCUT2D eigenvalue weighted by Gasteiger charge is -2.17. The van der Waals surface area contributed by atoms with Gasteiger partial charge in [-0.3, -0.25) is 15.1 Å².